The van der Waals surface area contributed by atoms with Gasteiger partial charge in [-0.3, -0.25) is 0 Å². The molecule has 1 aliphatic heterocycles. The van der Waals surface area contributed by atoms with Gasteiger partial charge in [-0.2, -0.15) is 0 Å². The van der Waals surface area contributed by atoms with E-state index >= 15 is 0 Å². The largest absolute Gasteiger partial charge is 0.354 e. The molecule has 0 saturated carbocycles. The van der Waals surface area contributed by atoms with Gasteiger partial charge in [0.05, 0.1) is 5.02 Å². The van der Waals surface area contributed by atoms with E-state index in [-0.39, 0.29) is 11.9 Å². The van der Waals surface area contributed by atoms with Crippen LogP contribution >= 0.6 is 11.6 Å². The minimum atomic E-state index is -0.363. The first-order chi connectivity index (χ1) is 7.16. The van der Waals surface area contributed by atoms with Gasteiger partial charge in [0.15, 0.2) is 11.6 Å². The van der Waals surface area contributed by atoms with Crippen molar-refractivity contribution < 1.29 is 4.39 Å². The van der Waals surface area contributed by atoms with Gasteiger partial charge in [-0.1, -0.05) is 11.6 Å². The summed E-state index contributed by atoms with van der Waals surface area (Å²) in [7, 11) is 0. The predicted octanol–water partition coefficient (Wildman–Crippen LogP) is 1.80. The van der Waals surface area contributed by atoms with Crippen molar-refractivity contribution in [3.63, 3.8) is 0 Å². The van der Waals surface area contributed by atoms with Crippen LogP contribution < -0.4 is 10.6 Å². The number of hydrogen-bond acceptors (Lipinski definition) is 3. The van der Waals surface area contributed by atoms with Crippen molar-refractivity contribution >= 4 is 17.4 Å². The van der Waals surface area contributed by atoms with Gasteiger partial charge in [-0.05, 0) is 18.9 Å². The lowest BCUT2D eigenvalue weighted by molar-refractivity contribution is 0.490. The van der Waals surface area contributed by atoms with E-state index in [2.05, 4.69) is 4.98 Å². The van der Waals surface area contributed by atoms with Crippen LogP contribution in [0.1, 0.15) is 12.8 Å². The van der Waals surface area contributed by atoms with E-state index in [9.17, 15) is 4.39 Å². The van der Waals surface area contributed by atoms with E-state index in [1.807, 2.05) is 4.90 Å². The lowest BCUT2D eigenvalue weighted by Crippen LogP contribution is -2.40. The van der Waals surface area contributed by atoms with Crippen LogP contribution in [0.4, 0.5) is 10.2 Å². The lowest BCUT2D eigenvalue weighted by Gasteiger charge is -2.31. The van der Waals surface area contributed by atoms with E-state index in [1.54, 1.807) is 0 Å². The maximum Gasteiger partial charge on any atom is 0.167 e. The van der Waals surface area contributed by atoms with Gasteiger partial charge in [0.2, 0.25) is 0 Å². The first kappa shape index (κ1) is 10.6. The summed E-state index contributed by atoms with van der Waals surface area (Å²) in [5.41, 5.74) is 5.78. The Morgan fingerprint density at radius 3 is 2.73 bits per heavy atom. The SMILES string of the molecule is NC1CCN(c2ncc(Cl)cc2F)CC1. The number of nitrogens with zero attached hydrogens (tertiary/aromatic N) is 2. The highest BCUT2D eigenvalue weighted by atomic mass is 35.5. The number of halogens is 2. The summed E-state index contributed by atoms with van der Waals surface area (Å²) >= 11 is 5.64. The minimum Gasteiger partial charge on any atom is -0.354 e. The normalized spacial score (nSPS) is 18.2. The topological polar surface area (TPSA) is 42.1 Å². The van der Waals surface area contributed by atoms with Crippen molar-refractivity contribution in [1.82, 2.24) is 4.98 Å². The fourth-order valence-electron chi connectivity index (χ4n) is 1.75. The Morgan fingerprint density at radius 1 is 1.47 bits per heavy atom. The molecule has 0 atom stereocenters. The molecule has 1 fully saturated rings. The summed E-state index contributed by atoms with van der Waals surface area (Å²) in [5, 5.41) is 0.324. The third kappa shape index (κ3) is 2.38. The summed E-state index contributed by atoms with van der Waals surface area (Å²) in [6.07, 6.45) is 3.22. The molecule has 0 aromatic carbocycles. The van der Waals surface area contributed by atoms with Gasteiger partial charge in [-0.25, -0.2) is 9.37 Å². The monoisotopic (exact) mass is 229 g/mol. The van der Waals surface area contributed by atoms with Crippen molar-refractivity contribution in [2.24, 2.45) is 5.73 Å². The number of pyridine rings is 1. The summed E-state index contributed by atoms with van der Waals surface area (Å²) < 4.78 is 13.5. The van der Waals surface area contributed by atoms with Crippen LogP contribution in [0.25, 0.3) is 0 Å². The van der Waals surface area contributed by atoms with E-state index in [4.69, 9.17) is 17.3 Å². The lowest BCUT2D eigenvalue weighted by atomic mass is 10.1. The molecule has 2 rings (SSSR count). The van der Waals surface area contributed by atoms with Crippen molar-refractivity contribution in [2.75, 3.05) is 18.0 Å². The smallest absolute Gasteiger partial charge is 0.167 e. The van der Waals surface area contributed by atoms with E-state index in [1.165, 1.54) is 12.3 Å². The number of piperidine rings is 1. The molecule has 5 heteroatoms. The van der Waals surface area contributed by atoms with Crippen LogP contribution in [0.5, 0.6) is 0 Å². The molecule has 1 aromatic rings. The molecule has 3 nitrogen and oxygen atoms in total. The van der Waals surface area contributed by atoms with Gasteiger partial charge in [0, 0.05) is 25.3 Å². The highest BCUT2D eigenvalue weighted by Crippen LogP contribution is 2.22. The molecular weight excluding hydrogens is 217 g/mol. The number of aromatic nitrogens is 1. The van der Waals surface area contributed by atoms with Crippen LogP contribution in [0.15, 0.2) is 12.3 Å². The van der Waals surface area contributed by atoms with Crippen LogP contribution in [-0.4, -0.2) is 24.1 Å². The zero-order chi connectivity index (χ0) is 10.8. The molecule has 15 heavy (non-hydrogen) atoms. The zero-order valence-electron chi connectivity index (χ0n) is 8.29. The Labute approximate surface area is 93.0 Å². The molecular formula is C10H13ClFN3. The Morgan fingerprint density at radius 2 is 2.13 bits per heavy atom. The van der Waals surface area contributed by atoms with Gasteiger partial charge in [-0.15, -0.1) is 0 Å². The predicted molar refractivity (Wildman–Crippen MR) is 58.6 cm³/mol. The van der Waals surface area contributed by atoms with E-state index < -0.39 is 0 Å². The molecule has 0 radical (unpaired) electrons. The molecule has 1 aliphatic rings. The van der Waals surface area contributed by atoms with Crippen LogP contribution in [0.2, 0.25) is 5.02 Å². The zero-order valence-corrected chi connectivity index (χ0v) is 9.04. The van der Waals surface area contributed by atoms with Gasteiger partial charge in [0.25, 0.3) is 0 Å². The second-order valence-corrected chi connectivity index (χ2v) is 4.22. The molecule has 1 saturated heterocycles. The number of nitrogens with two attached hydrogens (primary N) is 1. The van der Waals surface area contributed by atoms with Crippen LogP contribution in [0, 0.1) is 5.82 Å². The van der Waals surface area contributed by atoms with Crippen molar-refractivity contribution in [3.05, 3.63) is 23.1 Å². The molecule has 2 heterocycles. The highest BCUT2D eigenvalue weighted by Gasteiger charge is 2.19. The van der Waals surface area contributed by atoms with Gasteiger partial charge < -0.3 is 10.6 Å². The van der Waals surface area contributed by atoms with Crippen molar-refractivity contribution in [3.8, 4) is 0 Å². The second-order valence-electron chi connectivity index (χ2n) is 3.78. The Balaban J connectivity index is 2.15. The third-order valence-electron chi connectivity index (χ3n) is 2.63. The first-order valence-electron chi connectivity index (χ1n) is 4.98. The molecule has 0 amide bonds. The average Bonchev–Trinajstić information content (AvgIpc) is 2.20. The minimum absolute atomic E-state index is 0.233. The highest BCUT2D eigenvalue weighted by molar-refractivity contribution is 6.30. The van der Waals surface area contributed by atoms with Gasteiger partial charge >= 0.3 is 0 Å². The van der Waals surface area contributed by atoms with E-state index in [0.717, 1.165) is 25.9 Å². The maximum absolute atomic E-state index is 13.5. The quantitative estimate of drug-likeness (QED) is 0.799. The average molecular weight is 230 g/mol. The fraction of sp³-hybridized carbons (Fsp3) is 0.500. The Bertz CT molecular complexity index is 351. The number of rotatable bonds is 1. The molecule has 0 unspecified atom stereocenters. The van der Waals surface area contributed by atoms with Crippen LogP contribution in [-0.2, 0) is 0 Å². The van der Waals surface area contributed by atoms with E-state index in [0.29, 0.717) is 10.8 Å². The molecule has 82 valence electrons. The Hall–Kier alpha value is -0.870. The summed E-state index contributed by atoms with van der Waals surface area (Å²) in [6.45, 7) is 1.51. The summed E-state index contributed by atoms with van der Waals surface area (Å²) in [4.78, 5) is 5.92. The summed E-state index contributed by atoms with van der Waals surface area (Å²) in [5.74, 6) is 0.0178. The molecule has 2 N–H and O–H groups in total. The molecule has 0 aliphatic carbocycles. The van der Waals surface area contributed by atoms with Gasteiger partial charge in [0.1, 0.15) is 0 Å². The Kier molecular flexibility index (Phi) is 3.07. The molecule has 0 bridgehead atoms. The van der Waals surface area contributed by atoms with Crippen molar-refractivity contribution in [2.45, 2.75) is 18.9 Å². The first-order valence-corrected chi connectivity index (χ1v) is 5.36. The standard InChI is InChI=1S/C10H13ClFN3/c11-7-5-9(12)10(14-6-7)15-3-1-8(13)2-4-15/h5-6,8H,1-4,13H2. The molecule has 1 aromatic heterocycles. The summed E-state index contributed by atoms with van der Waals surface area (Å²) in [6, 6.07) is 1.52. The van der Waals surface area contributed by atoms with Crippen molar-refractivity contribution in [1.29, 1.82) is 0 Å². The number of hydrogen-bond donors (Lipinski definition) is 1. The third-order valence-corrected chi connectivity index (χ3v) is 2.83. The maximum atomic E-state index is 13.5. The van der Waals surface area contributed by atoms with Crippen LogP contribution in [0.3, 0.4) is 0 Å². The second kappa shape index (κ2) is 4.33. The fourth-order valence-corrected chi connectivity index (χ4v) is 1.90. The molecule has 0 spiro atoms. The number of anilines is 1.